The summed E-state index contributed by atoms with van der Waals surface area (Å²) in [5, 5.41) is 3.91. The van der Waals surface area contributed by atoms with Crippen molar-refractivity contribution in [2.75, 3.05) is 19.6 Å². The molecule has 0 aliphatic carbocycles. The van der Waals surface area contributed by atoms with Crippen molar-refractivity contribution < 1.29 is 10.2 Å². The Bertz CT molecular complexity index is 375. The third-order valence-corrected chi connectivity index (χ3v) is 4.65. The smallest absolute Gasteiger partial charge is 0.137 e. The van der Waals surface area contributed by atoms with E-state index in [0.29, 0.717) is 0 Å². The fourth-order valence-electron chi connectivity index (χ4n) is 2.89. The minimum Gasteiger partial charge on any atom is -0.337 e. The maximum Gasteiger partial charge on any atom is 0.137 e. The van der Waals surface area contributed by atoms with Crippen LogP contribution in [0.15, 0.2) is 18.2 Å². The van der Waals surface area contributed by atoms with E-state index in [2.05, 4.69) is 12.2 Å². The number of rotatable bonds is 5. The Hall–Kier alpha value is -0.280. The van der Waals surface area contributed by atoms with Crippen molar-refractivity contribution in [1.82, 2.24) is 0 Å². The molecule has 1 aliphatic rings. The fraction of sp³-hybridized carbons (Fsp3) is 0.571. The molecule has 1 aliphatic heterocycles. The van der Waals surface area contributed by atoms with Crippen LogP contribution in [-0.2, 0) is 6.54 Å². The maximum absolute atomic E-state index is 6.17. The largest absolute Gasteiger partial charge is 0.337 e. The molecular weight excluding hydrogens is 267 g/mol. The lowest BCUT2D eigenvalue weighted by Gasteiger charge is -2.18. The van der Waals surface area contributed by atoms with Gasteiger partial charge in [0.1, 0.15) is 19.1 Å². The van der Waals surface area contributed by atoms with Gasteiger partial charge in [-0.3, -0.25) is 0 Å². The zero-order valence-corrected chi connectivity index (χ0v) is 12.4. The zero-order chi connectivity index (χ0) is 13.0. The van der Waals surface area contributed by atoms with E-state index in [1.165, 1.54) is 32.5 Å². The molecule has 100 valence electrons. The van der Waals surface area contributed by atoms with E-state index < -0.39 is 0 Å². The predicted molar refractivity (Wildman–Crippen MR) is 76.4 cm³/mol. The molecule has 2 rings (SSSR count). The molecule has 0 aromatic heterocycles. The first-order valence-electron chi connectivity index (χ1n) is 6.81. The van der Waals surface area contributed by atoms with Crippen molar-refractivity contribution in [2.24, 2.45) is 0 Å². The number of likely N-dealkylation sites (tertiary alicyclic amines) is 1. The van der Waals surface area contributed by atoms with Gasteiger partial charge in [-0.15, -0.1) is 0 Å². The van der Waals surface area contributed by atoms with Crippen LogP contribution in [0.5, 0.6) is 0 Å². The standard InChI is InChI=1S/C14H20Cl2N2/c1-2-18-8-4-5-11(18)9-17-10-12-13(15)6-3-7-14(12)16/h3,6-7,11,17H,2,4-5,8-10H2,1H3/p+2/t11-/m0/s1. The lowest BCUT2D eigenvalue weighted by molar-refractivity contribution is -0.925. The van der Waals surface area contributed by atoms with Crippen molar-refractivity contribution >= 4 is 23.2 Å². The first kappa shape index (κ1) is 14.1. The van der Waals surface area contributed by atoms with Crippen molar-refractivity contribution in [1.29, 1.82) is 0 Å². The molecule has 18 heavy (non-hydrogen) atoms. The highest BCUT2D eigenvalue weighted by atomic mass is 35.5. The Labute approximate surface area is 119 Å². The van der Waals surface area contributed by atoms with E-state index in [-0.39, 0.29) is 0 Å². The molecular formula is C14H22Cl2N2+2. The molecule has 0 amide bonds. The summed E-state index contributed by atoms with van der Waals surface area (Å²) in [6.07, 6.45) is 2.73. The molecule has 1 fully saturated rings. The molecule has 0 saturated carbocycles. The first-order chi connectivity index (χ1) is 8.72. The second-order valence-corrected chi connectivity index (χ2v) is 5.84. The molecule has 1 heterocycles. The summed E-state index contributed by atoms with van der Waals surface area (Å²) in [5.41, 5.74) is 1.07. The van der Waals surface area contributed by atoms with E-state index in [1.807, 2.05) is 18.2 Å². The molecule has 1 unspecified atom stereocenters. The average molecular weight is 289 g/mol. The normalized spacial score (nSPS) is 23.5. The van der Waals surface area contributed by atoms with Crippen molar-refractivity contribution in [3.8, 4) is 0 Å². The zero-order valence-electron chi connectivity index (χ0n) is 10.9. The summed E-state index contributed by atoms with van der Waals surface area (Å²) >= 11 is 12.3. The van der Waals surface area contributed by atoms with Crippen LogP contribution < -0.4 is 10.2 Å². The number of nitrogens with two attached hydrogens (primary N) is 1. The molecule has 2 nitrogen and oxygen atoms in total. The Kier molecular flexibility index (Phi) is 5.31. The number of hydrogen-bond acceptors (Lipinski definition) is 0. The summed E-state index contributed by atoms with van der Waals surface area (Å²) < 4.78 is 0. The van der Waals surface area contributed by atoms with E-state index in [9.17, 15) is 0 Å². The van der Waals surface area contributed by atoms with Gasteiger partial charge < -0.3 is 10.2 Å². The molecule has 2 atom stereocenters. The first-order valence-corrected chi connectivity index (χ1v) is 7.57. The minimum atomic E-state index is 0.782. The number of hydrogen-bond donors (Lipinski definition) is 2. The lowest BCUT2D eigenvalue weighted by atomic mass is 10.2. The number of nitrogens with one attached hydrogen (secondary N) is 1. The quantitative estimate of drug-likeness (QED) is 0.811. The second-order valence-electron chi connectivity index (χ2n) is 5.03. The van der Waals surface area contributed by atoms with Crippen LogP contribution in [0.3, 0.4) is 0 Å². The van der Waals surface area contributed by atoms with Crippen LogP contribution in [0.1, 0.15) is 25.3 Å². The lowest BCUT2D eigenvalue weighted by Crippen LogP contribution is -3.16. The topological polar surface area (TPSA) is 21.1 Å². The van der Waals surface area contributed by atoms with Gasteiger partial charge in [-0.1, -0.05) is 29.3 Å². The van der Waals surface area contributed by atoms with Gasteiger partial charge in [-0.05, 0) is 19.1 Å². The van der Waals surface area contributed by atoms with Crippen LogP contribution in [0.4, 0.5) is 0 Å². The molecule has 1 aromatic rings. The average Bonchev–Trinajstić information content (AvgIpc) is 2.80. The number of likely N-dealkylation sites (N-methyl/N-ethyl adjacent to an activating group) is 1. The summed E-state index contributed by atoms with van der Waals surface area (Å²) in [4.78, 5) is 1.75. The van der Waals surface area contributed by atoms with Gasteiger partial charge in [-0.25, -0.2) is 0 Å². The van der Waals surface area contributed by atoms with E-state index in [4.69, 9.17) is 23.2 Å². The van der Waals surface area contributed by atoms with Gasteiger partial charge in [0.05, 0.1) is 23.1 Å². The van der Waals surface area contributed by atoms with Crippen LogP contribution in [0.25, 0.3) is 0 Å². The number of quaternary nitrogens is 2. The Morgan fingerprint density at radius 1 is 1.33 bits per heavy atom. The Balaban J connectivity index is 1.85. The van der Waals surface area contributed by atoms with Crippen LogP contribution in [0, 0.1) is 0 Å². The Morgan fingerprint density at radius 3 is 2.72 bits per heavy atom. The van der Waals surface area contributed by atoms with Crippen molar-refractivity contribution in [2.45, 2.75) is 32.4 Å². The Morgan fingerprint density at radius 2 is 2.06 bits per heavy atom. The highest BCUT2D eigenvalue weighted by Gasteiger charge is 2.28. The van der Waals surface area contributed by atoms with Crippen molar-refractivity contribution in [3.05, 3.63) is 33.8 Å². The summed E-state index contributed by atoms with van der Waals surface area (Å²) in [5.74, 6) is 0. The van der Waals surface area contributed by atoms with Crippen LogP contribution in [-0.4, -0.2) is 25.7 Å². The van der Waals surface area contributed by atoms with Gasteiger partial charge in [0.25, 0.3) is 0 Å². The van der Waals surface area contributed by atoms with Gasteiger partial charge in [0.15, 0.2) is 0 Å². The summed E-state index contributed by atoms with van der Waals surface area (Å²) in [6, 6.07) is 6.52. The molecule has 3 N–H and O–H groups in total. The molecule has 0 spiro atoms. The predicted octanol–water partition coefficient (Wildman–Crippen LogP) is 1.12. The third kappa shape index (κ3) is 3.39. The van der Waals surface area contributed by atoms with Gasteiger partial charge in [0, 0.05) is 18.4 Å². The van der Waals surface area contributed by atoms with Gasteiger partial charge in [0.2, 0.25) is 0 Å². The molecule has 0 radical (unpaired) electrons. The highest BCUT2D eigenvalue weighted by molar-refractivity contribution is 6.35. The van der Waals surface area contributed by atoms with E-state index in [1.54, 1.807) is 4.90 Å². The molecule has 1 saturated heterocycles. The summed E-state index contributed by atoms with van der Waals surface area (Å²) in [7, 11) is 0. The third-order valence-electron chi connectivity index (χ3n) is 3.94. The number of benzene rings is 1. The fourth-order valence-corrected chi connectivity index (χ4v) is 3.44. The monoisotopic (exact) mass is 288 g/mol. The summed E-state index contributed by atoms with van der Waals surface area (Å²) in [6.45, 7) is 6.91. The maximum atomic E-state index is 6.17. The molecule has 1 aromatic carbocycles. The van der Waals surface area contributed by atoms with Crippen LogP contribution >= 0.6 is 23.2 Å². The minimum absolute atomic E-state index is 0.782. The van der Waals surface area contributed by atoms with Gasteiger partial charge >= 0.3 is 0 Å². The van der Waals surface area contributed by atoms with E-state index >= 15 is 0 Å². The molecule has 4 heteroatoms. The van der Waals surface area contributed by atoms with Crippen molar-refractivity contribution in [3.63, 3.8) is 0 Å². The van der Waals surface area contributed by atoms with Gasteiger partial charge in [-0.2, -0.15) is 0 Å². The SMILES string of the molecule is CC[NH+]1CCC[C@H]1C[NH2+]Cc1c(Cl)cccc1Cl. The number of halogens is 2. The highest BCUT2D eigenvalue weighted by Crippen LogP contribution is 2.22. The second kappa shape index (κ2) is 6.76. The van der Waals surface area contributed by atoms with Crippen LogP contribution in [0.2, 0.25) is 10.0 Å². The molecule has 0 bridgehead atoms. The van der Waals surface area contributed by atoms with E-state index in [0.717, 1.165) is 28.2 Å².